The van der Waals surface area contributed by atoms with E-state index < -0.39 is 21.8 Å². The molecule has 0 aliphatic carbocycles. The Morgan fingerprint density at radius 3 is 2.14 bits per heavy atom. The lowest BCUT2D eigenvalue weighted by Crippen LogP contribution is -2.49. The summed E-state index contributed by atoms with van der Waals surface area (Å²) in [5, 5.41) is 1.04. The molecular formula is C26H30F3N5O2S. The third kappa shape index (κ3) is 5.30. The van der Waals surface area contributed by atoms with Gasteiger partial charge >= 0.3 is 6.18 Å². The summed E-state index contributed by atoms with van der Waals surface area (Å²) in [5.74, 6) is 1.66. The number of fused-ring (bicyclic) bond motifs is 1. The fourth-order valence-corrected chi connectivity index (χ4v) is 6.49. The summed E-state index contributed by atoms with van der Waals surface area (Å²) in [6.07, 6.45) is -1.01. The molecule has 11 heteroatoms. The predicted octanol–water partition coefficient (Wildman–Crippen LogP) is 4.71. The molecule has 0 saturated carbocycles. The molecule has 0 spiro atoms. The van der Waals surface area contributed by atoms with Crippen LogP contribution in [0, 0.1) is 0 Å². The van der Waals surface area contributed by atoms with Crippen LogP contribution >= 0.6 is 0 Å². The van der Waals surface area contributed by atoms with Crippen molar-refractivity contribution < 1.29 is 21.6 Å². The number of piperazine rings is 1. The molecule has 7 nitrogen and oxygen atoms in total. The van der Waals surface area contributed by atoms with E-state index in [1.54, 1.807) is 0 Å². The molecule has 0 bridgehead atoms. The summed E-state index contributed by atoms with van der Waals surface area (Å²) in [5.41, 5.74) is 0.0212. The Morgan fingerprint density at radius 1 is 0.838 bits per heavy atom. The zero-order valence-electron chi connectivity index (χ0n) is 20.7. The van der Waals surface area contributed by atoms with Gasteiger partial charge in [0.15, 0.2) is 0 Å². The van der Waals surface area contributed by atoms with Gasteiger partial charge in [0.2, 0.25) is 10.0 Å². The van der Waals surface area contributed by atoms with Crippen molar-refractivity contribution in [2.45, 2.75) is 43.3 Å². The first-order valence-electron chi connectivity index (χ1n) is 12.6. The molecule has 0 N–H and O–H groups in total. The molecule has 3 heterocycles. The molecule has 2 aliphatic heterocycles. The summed E-state index contributed by atoms with van der Waals surface area (Å²) in [6.45, 7) is 5.38. The third-order valence-electron chi connectivity index (χ3n) is 7.27. The van der Waals surface area contributed by atoms with E-state index >= 15 is 0 Å². The second kappa shape index (κ2) is 10.2. The fourth-order valence-electron chi connectivity index (χ4n) is 5.07. The van der Waals surface area contributed by atoms with Crippen molar-refractivity contribution in [2.24, 2.45) is 0 Å². The van der Waals surface area contributed by atoms with Crippen molar-refractivity contribution in [2.75, 3.05) is 44.2 Å². The van der Waals surface area contributed by atoms with Gasteiger partial charge in [-0.3, -0.25) is 4.90 Å². The molecule has 2 fully saturated rings. The number of anilines is 1. The SMILES string of the molecule is C[C@H](c1nc(N2CCCCC2)c2ccccc2n1)N1CCN(S(=O)(=O)c2ccc(C(F)(F)F)cc2)CC1. The van der Waals surface area contributed by atoms with Crippen molar-refractivity contribution in [1.29, 1.82) is 0 Å². The van der Waals surface area contributed by atoms with E-state index in [2.05, 4.69) is 15.9 Å². The Morgan fingerprint density at radius 2 is 1.49 bits per heavy atom. The van der Waals surface area contributed by atoms with E-state index in [4.69, 9.17) is 9.97 Å². The van der Waals surface area contributed by atoms with Crippen LogP contribution in [0.2, 0.25) is 0 Å². The van der Waals surface area contributed by atoms with E-state index in [1.807, 2.05) is 25.1 Å². The van der Waals surface area contributed by atoms with Gasteiger partial charge in [0, 0.05) is 44.7 Å². The quantitative estimate of drug-likeness (QED) is 0.473. The minimum atomic E-state index is -4.51. The molecule has 3 aromatic rings. The van der Waals surface area contributed by atoms with Gasteiger partial charge in [-0.05, 0) is 62.6 Å². The average molecular weight is 534 g/mol. The number of rotatable bonds is 5. The molecule has 37 heavy (non-hydrogen) atoms. The number of para-hydroxylation sites is 1. The Bertz CT molecular complexity index is 1350. The number of hydrogen-bond acceptors (Lipinski definition) is 6. The van der Waals surface area contributed by atoms with Crippen molar-refractivity contribution in [1.82, 2.24) is 19.2 Å². The monoisotopic (exact) mass is 533 g/mol. The Kier molecular flexibility index (Phi) is 7.12. The lowest BCUT2D eigenvalue weighted by atomic mass is 10.1. The van der Waals surface area contributed by atoms with E-state index in [9.17, 15) is 21.6 Å². The van der Waals surface area contributed by atoms with Crippen molar-refractivity contribution >= 4 is 26.7 Å². The highest BCUT2D eigenvalue weighted by Gasteiger charge is 2.34. The van der Waals surface area contributed by atoms with Crippen molar-refractivity contribution in [3.05, 3.63) is 59.9 Å². The normalized spacial score (nSPS) is 19.3. The first-order valence-corrected chi connectivity index (χ1v) is 14.0. The van der Waals surface area contributed by atoms with Gasteiger partial charge < -0.3 is 4.90 Å². The molecule has 5 rings (SSSR count). The standard InChI is InChI=1S/C26H30F3N5O2S/c1-19(24-30-23-8-4-3-7-22(23)25(31-24)33-13-5-2-6-14-33)32-15-17-34(18-16-32)37(35,36)21-11-9-20(10-12-21)26(27,28)29/h3-4,7-12,19H,2,5-6,13-18H2,1H3/t19-/m1/s1. The summed E-state index contributed by atoms with van der Waals surface area (Å²) >= 11 is 0. The maximum Gasteiger partial charge on any atom is 0.416 e. The summed E-state index contributed by atoms with van der Waals surface area (Å²) in [7, 11) is -3.89. The van der Waals surface area contributed by atoms with E-state index in [1.165, 1.54) is 10.7 Å². The van der Waals surface area contributed by atoms with E-state index in [0.717, 1.165) is 66.9 Å². The fraction of sp³-hybridized carbons (Fsp3) is 0.462. The van der Waals surface area contributed by atoms with Crippen LogP contribution < -0.4 is 4.90 Å². The highest BCUT2D eigenvalue weighted by Crippen LogP contribution is 2.32. The van der Waals surface area contributed by atoms with Crippen LogP contribution in [0.25, 0.3) is 10.9 Å². The molecule has 0 radical (unpaired) electrons. The highest BCUT2D eigenvalue weighted by molar-refractivity contribution is 7.89. The number of sulfonamides is 1. The second-order valence-corrected chi connectivity index (χ2v) is 11.5. The minimum Gasteiger partial charge on any atom is -0.356 e. The van der Waals surface area contributed by atoms with Crippen molar-refractivity contribution in [3.8, 4) is 0 Å². The van der Waals surface area contributed by atoms with Crippen LogP contribution in [0.3, 0.4) is 0 Å². The molecule has 2 saturated heterocycles. The number of nitrogens with zero attached hydrogens (tertiary/aromatic N) is 5. The number of aromatic nitrogens is 2. The van der Waals surface area contributed by atoms with Crippen LogP contribution in [-0.2, 0) is 16.2 Å². The smallest absolute Gasteiger partial charge is 0.356 e. The van der Waals surface area contributed by atoms with Crippen LogP contribution in [0.5, 0.6) is 0 Å². The molecule has 1 aromatic heterocycles. The Hall–Kier alpha value is -2.76. The minimum absolute atomic E-state index is 0.121. The number of piperidine rings is 1. The van der Waals surface area contributed by atoms with Crippen molar-refractivity contribution in [3.63, 3.8) is 0 Å². The second-order valence-electron chi connectivity index (χ2n) is 9.61. The highest BCUT2D eigenvalue weighted by atomic mass is 32.2. The first-order chi connectivity index (χ1) is 17.6. The van der Waals surface area contributed by atoms with Gasteiger partial charge in [0.1, 0.15) is 11.6 Å². The Labute approximate surface area is 215 Å². The predicted molar refractivity (Wildman–Crippen MR) is 136 cm³/mol. The Balaban J connectivity index is 1.32. The number of benzene rings is 2. The molecule has 0 unspecified atom stereocenters. The van der Waals surface area contributed by atoms with Crippen LogP contribution in [0.15, 0.2) is 53.4 Å². The van der Waals surface area contributed by atoms with Crippen LogP contribution in [0.4, 0.5) is 19.0 Å². The molecular weight excluding hydrogens is 503 g/mol. The lowest BCUT2D eigenvalue weighted by Gasteiger charge is -2.37. The van der Waals surface area contributed by atoms with Gasteiger partial charge in [-0.25, -0.2) is 18.4 Å². The molecule has 1 atom stereocenters. The maximum absolute atomic E-state index is 13.1. The van der Waals surface area contributed by atoms with E-state index in [-0.39, 0.29) is 24.0 Å². The van der Waals surface area contributed by atoms with Gasteiger partial charge in [-0.15, -0.1) is 0 Å². The maximum atomic E-state index is 13.1. The van der Waals surface area contributed by atoms with Gasteiger partial charge in [-0.1, -0.05) is 12.1 Å². The topological polar surface area (TPSA) is 69.6 Å². The van der Waals surface area contributed by atoms with E-state index in [0.29, 0.717) is 18.9 Å². The summed E-state index contributed by atoms with van der Waals surface area (Å²) < 4.78 is 66.1. The van der Waals surface area contributed by atoms with Gasteiger partial charge in [-0.2, -0.15) is 17.5 Å². The third-order valence-corrected chi connectivity index (χ3v) is 9.18. The summed E-state index contributed by atoms with van der Waals surface area (Å²) in [6, 6.07) is 11.6. The summed E-state index contributed by atoms with van der Waals surface area (Å²) in [4.78, 5) is 14.2. The number of alkyl halides is 3. The number of halogens is 3. The number of hydrogen-bond donors (Lipinski definition) is 0. The largest absolute Gasteiger partial charge is 0.416 e. The molecule has 198 valence electrons. The van der Waals surface area contributed by atoms with Crippen LogP contribution in [0.1, 0.15) is 43.6 Å². The molecule has 2 aliphatic rings. The first kappa shape index (κ1) is 25.9. The molecule has 0 amide bonds. The molecule has 2 aromatic carbocycles. The average Bonchev–Trinajstić information content (AvgIpc) is 2.92. The van der Waals surface area contributed by atoms with Crippen LogP contribution in [-0.4, -0.2) is 66.9 Å². The van der Waals surface area contributed by atoms with Gasteiger partial charge in [0.25, 0.3) is 0 Å². The lowest BCUT2D eigenvalue weighted by molar-refractivity contribution is -0.137. The van der Waals surface area contributed by atoms with Gasteiger partial charge in [0.05, 0.1) is 22.0 Å². The zero-order chi connectivity index (χ0) is 26.2. The zero-order valence-corrected chi connectivity index (χ0v) is 21.5.